The highest BCUT2D eigenvalue weighted by molar-refractivity contribution is 7.92. The third-order valence-electron chi connectivity index (χ3n) is 4.80. The molecule has 156 valence electrons. The highest BCUT2D eigenvalue weighted by atomic mass is 32.2. The van der Waals surface area contributed by atoms with E-state index in [4.69, 9.17) is 4.74 Å². The molecule has 2 aromatic rings. The van der Waals surface area contributed by atoms with E-state index in [0.717, 1.165) is 12.5 Å². The van der Waals surface area contributed by atoms with E-state index < -0.39 is 21.3 Å². The van der Waals surface area contributed by atoms with Crippen LogP contribution in [0.2, 0.25) is 0 Å². The Labute approximate surface area is 170 Å². The molecule has 0 saturated carbocycles. The first kappa shape index (κ1) is 21.1. The number of ether oxygens (including phenoxy) is 1. The number of rotatable bonds is 5. The zero-order valence-corrected chi connectivity index (χ0v) is 17.8. The molecule has 0 bridgehead atoms. The molecule has 6 nitrogen and oxygen atoms in total. The van der Waals surface area contributed by atoms with Crippen LogP contribution in [0.25, 0.3) is 0 Å². The Balaban J connectivity index is 1.98. The molecule has 0 saturated heterocycles. The van der Waals surface area contributed by atoms with E-state index in [0.29, 0.717) is 23.7 Å². The van der Waals surface area contributed by atoms with Crippen LogP contribution in [0, 0.1) is 18.2 Å². The molecule has 8 heteroatoms. The summed E-state index contributed by atoms with van der Waals surface area (Å²) < 4.78 is 47.3. The molecule has 0 unspecified atom stereocenters. The summed E-state index contributed by atoms with van der Waals surface area (Å²) in [5.74, 6) is -0.0207. The minimum Gasteiger partial charge on any atom is -0.490 e. The van der Waals surface area contributed by atoms with Crippen LogP contribution in [0.5, 0.6) is 5.75 Å². The van der Waals surface area contributed by atoms with Gasteiger partial charge in [-0.05, 0) is 69.2 Å². The molecule has 1 aliphatic rings. The van der Waals surface area contributed by atoms with Crippen LogP contribution >= 0.6 is 0 Å². The molecular formula is C21H25FN2O4S. The van der Waals surface area contributed by atoms with Gasteiger partial charge in [-0.25, -0.2) is 12.8 Å². The molecule has 3 rings (SSSR count). The fourth-order valence-corrected chi connectivity index (χ4v) is 4.29. The van der Waals surface area contributed by atoms with Gasteiger partial charge in [0.1, 0.15) is 18.2 Å². The summed E-state index contributed by atoms with van der Waals surface area (Å²) in [6.07, 6.45) is 0.742. The minimum atomic E-state index is -3.92. The standard InChI is InChI=1S/C21H25FN2O4S/c1-5-10-24-18-12-15(6-9-19(18)28-13-21(3,4)20(24)25)23-29(26,27)16-7-8-17(22)14(2)11-16/h6-9,11-12,23H,5,10,13H2,1-4H3. The van der Waals surface area contributed by atoms with Crippen LogP contribution in [0.1, 0.15) is 32.8 Å². The van der Waals surface area contributed by atoms with Gasteiger partial charge in [0, 0.05) is 6.54 Å². The van der Waals surface area contributed by atoms with Gasteiger partial charge in [-0.3, -0.25) is 9.52 Å². The van der Waals surface area contributed by atoms with Crippen molar-refractivity contribution in [3.05, 3.63) is 47.8 Å². The SMILES string of the molecule is CCCN1C(=O)C(C)(C)COc2ccc(NS(=O)(=O)c3ccc(F)c(C)c3)cc21. The van der Waals surface area contributed by atoms with Crippen LogP contribution in [-0.2, 0) is 14.8 Å². The van der Waals surface area contributed by atoms with Crippen LogP contribution in [0.3, 0.4) is 0 Å². The van der Waals surface area contributed by atoms with E-state index in [2.05, 4.69) is 4.72 Å². The molecule has 1 heterocycles. The molecule has 1 N–H and O–H groups in total. The number of halogens is 1. The van der Waals surface area contributed by atoms with Crippen LogP contribution in [0.15, 0.2) is 41.3 Å². The molecule has 0 aromatic heterocycles. The number of carbonyl (C=O) groups is 1. The summed E-state index contributed by atoms with van der Waals surface area (Å²) in [6, 6.07) is 8.45. The lowest BCUT2D eigenvalue weighted by Crippen LogP contribution is -2.42. The van der Waals surface area contributed by atoms with Crippen LogP contribution in [-0.4, -0.2) is 27.5 Å². The average Bonchev–Trinajstić information content (AvgIpc) is 2.74. The quantitative estimate of drug-likeness (QED) is 0.790. The summed E-state index contributed by atoms with van der Waals surface area (Å²) in [6.45, 7) is 7.85. The Hall–Kier alpha value is -2.61. The van der Waals surface area contributed by atoms with E-state index in [1.807, 2.05) is 20.8 Å². The number of amides is 1. The fraction of sp³-hybridized carbons (Fsp3) is 0.381. The van der Waals surface area contributed by atoms with Gasteiger partial charge < -0.3 is 9.64 Å². The maximum absolute atomic E-state index is 13.5. The van der Waals surface area contributed by atoms with Crippen LogP contribution in [0.4, 0.5) is 15.8 Å². The highest BCUT2D eigenvalue weighted by Crippen LogP contribution is 2.38. The second kappa shape index (κ2) is 7.67. The molecule has 2 aromatic carbocycles. The maximum Gasteiger partial charge on any atom is 0.261 e. The normalized spacial score (nSPS) is 16.0. The number of carbonyl (C=O) groups excluding carboxylic acids is 1. The van der Waals surface area contributed by atoms with Gasteiger partial charge in [0.2, 0.25) is 5.91 Å². The van der Waals surface area contributed by atoms with Gasteiger partial charge in [-0.2, -0.15) is 0 Å². The monoisotopic (exact) mass is 420 g/mol. The van der Waals surface area contributed by atoms with E-state index in [1.54, 1.807) is 23.1 Å². The molecule has 0 fully saturated rings. The van der Waals surface area contributed by atoms with E-state index in [9.17, 15) is 17.6 Å². The molecule has 0 radical (unpaired) electrons. The van der Waals surface area contributed by atoms with Crippen molar-refractivity contribution in [3.63, 3.8) is 0 Å². The predicted molar refractivity (Wildman–Crippen MR) is 110 cm³/mol. The Morgan fingerprint density at radius 3 is 2.59 bits per heavy atom. The zero-order chi connectivity index (χ0) is 21.4. The smallest absolute Gasteiger partial charge is 0.261 e. The number of anilines is 2. The maximum atomic E-state index is 13.5. The summed E-state index contributed by atoms with van der Waals surface area (Å²) in [7, 11) is -3.92. The fourth-order valence-electron chi connectivity index (χ4n) is 3.15. The first-order valence-electron chi connectivity index (χ1n) is 9.43. The second-order valence-electron chi connectivity index (χ2n) is 7.83. The lowest BCUT2D eigenvalue weighted by atomic mass is 9.93. The molecule has 29 heavy (non-hydrogen) atoms. The number of aryl methyl sites for hydroxylation is 1. The van der Waals surface area contributed by atoms with E-state index in [-0.39, 0.29) is 23.0 Å². The zero-order valence-electron chi connectivity index (χ0n) is 17.0. The van der Waals surface area contributed by atoms with E-state index >= 15 is 0 Å². The van der Waals surface area contributed by atoms with Crippen molar-refractivity contribution in [2.45, 2.75) is 39.0 Å². The summed E-state index contributed by atoms with van der Waals surface area (Å²) >= 11 is 0. The van der Waals surface area contributed by atoms with Crippen molar-refractivity contribution in [1.29, 1.82) is 0 Å². The molecule has 1 amide bonds. The van der Waals surface area contributed by atoms with Crippen molar-refractivity contribution < 1.29 is 22.3 Å². The Bertz CT molecular complexity index is 1050. The van der Waals surface area contributed by atoms with Gasteiger partial charge in [-0.15, -0.1) is 0 Å². The molecule has 1 aliphatic heterocycles. The lowest BCUT2D eigenvalue weighted by molar-refractivity contribution is -0.127. The lowest BCUT2D eigenvalue weighted by Gasteiger charge is -2.28. The number of fused-ring (bicyclic) bond motifs is 1. The van der Waals surface area contributed by atoms with Gasteiger partial charge >= 0.3 is 0 Å². The number of benzene rings is 2. The van der Waals surface area contributed by atoms with Crippen molar-refractivity contribution in [1.82, 2.24) is 0 Å². The van der Waals surface area contributed by atoms with Crippen molar-refractivity contribution in [2.24, 2.45) is 5.41 Å². The third-order valence-corrected chi connectivity index (χ3v) is 6.18. The highest BCUT2D eigenvalue weighted by Gasteiger charge is 2.37. The summed E-state index contributed by atoms with van der Waals surface area (Å²) in [5, 5.41) is 0. The number of nitrogens with one attached hydrogen (secondary N) is 1. The Morgan fingerprint density at radius 1 is 1.21 bits per heavy atom. The number of sulfonamides is 1. The number of hydrogen-bond acceptors (Lipinski definition) is 4. The molecule has 0 spiro atoms. The first-order chi connectivity index (χ1) is 13.5. The van der Waals surface area contributed by atoms with E-state index in [1.165, 1.54) is 19.1 Å². The third kappa shape index (κ3) is 4.22. The topological polar surface area (TPSA) is 75.7 Å². The minimum absolute atomic E-state index is 0.0368. The predicted octanol–water partition coefficient (Wildman–Crippen LogP) is 4.10. The van der Waals surface area contributed by atoms with Gasteiger partial charge in [-0.1, -0.05) is 6.92 Å². The first-order valence-corrected chi connectivity index (χ1v) is 10.9. The van der Waals surface area contributed by atoms with Crippen molar-refractivity contribution in [3.8, 4) is 5.75 Å². The second-order valence-corrected chi connectivity index (χ2v) is 9.51. The largest absolute Gasteiger partial charge is 0.490 e. The summed E-state index contributed by atoms with van der Waals surface area (Å²) in [5.41, 5.74) is 0.366. The molecule has 0 aliphatic carbocycles. The average molecular weight is 421 g/mol. The number of nitrogens with zero attached hydrogens (tertiary/aromatic N) is 1. The van der Waals surface area contributed by atoms with Gasteiger partial charge in [0.15, 0.2) is 0 Å². The summed E-state index contributed by atoms with van der Waals surface area (Å²) in [4.78, 5) is 14.6. The van der Waals surface area contributed by atoms with Crippen molar-refractivity contribution in [2.75, 3.05) is 22.8 Å². The number of hydrogen-bond donors (Lipinski definition) is 1. The Morgan fingerprint density at radius 2 is 1.93 bits per heavy atom. The van der Waals surface area contributed by atoms with Crippen LogP contribution < -0.4 is 14.4 Å². The molecule has 0 atom stereocenters. The van der Waals surface area contributed by atoms with Gasteiger partial charge in [0.25, 0.3) is 10.0 Å². The van der Waals surface area contributed by atoms with Crippen molar-refractivity contribution >= 4 is 27.3 Å². The van der Waals surface area contributed by atoms with Gasteiger partial charge in [0.05, 0.1) is 21.7 Å². The Kier molecular flexibility index (Phi) is 5.58. The molecular weight excluding hydrogens is 395 g/mol.